The lowest BCUT2D eigenvalue weighted by Gasteiger charge is -2.14. The maximum Gasteiger partial charge on any atom is 0.320 e. The highest BCUT2D eigenvalue weighted by molar-refractivity contribution is 5.97. The molecule has 1 rings (SSSR count). The summed E-state index contributed by atoms with van der Waals surface area (Å²) >= 11 is 0. The van der Waals surface area contributed by atoms with E-state index >= 15 is 0 Å². The van der Waals surface area contributed by atoms with Crippen molar-refractivity contribution in [1.29, 1.82) is 0 Å². The molecule has 0 bridgehead atoms. The number of hydrogen-bond acceptors (Lipinski definition) is 5. The molecule has 1 heterocycles. The second kappa shape index (κ2) is 5.40. The van der Waals surface area contributed by atoms with Crippen LogP contribution < -0.4 is 5.73 Å². The van der Waals surface area contributed by atoms with Crippen LogP contribution in [0.2, 0.25) is 0 Å². The molecule has 0 saturated heterocycles. The fourth-order valence-corrected chi connectivity index (χ4v) is 1.37. The summed E-state index contributed by atoms with van der Waals surface area (Å²) in [6.45, 7) is 1.57. The Bertz CT molecular complexity index is 433. The average molecular weight is 238 g/mol. The summed E-state index contributed by atoms with van der Waals surface area (Å²) in [7, 11) is 0. The van der Waals surface area contributed by atoms with Crippen LogP contribution in [0.1, 0.15) is 23.8 Å². The maximum atomic E-state index is 11.7. The molecule has 0 radical (unpaired) electrons. The first-order valence-corrected chi connectivity index (χ1v) is 5.09. The summed E-state index contributed by atoms with van der Waals surface area (Å²) < 4.78 is 0. The van der Waals surface area contributed by atoms with E-state index in [-0.39, 0.29) is 17.9 Å². The van der Waals surface area contributed by atoms with Crippen molar-refractivity contribution in [1.82, 2.24) is 4.98 Å². The molecule has 17 heavy (non-hydrogen) atoms. The number of ketones is 1. The normalized spacial score (nSPS) is 14.0. The zero-order chi connectivity index (χ0) is 13.0. The van der Waals surface area contributed by atoms with Crippen molar-refractivity contribution in [3.63, 3.8) is 0 Å². The topological polar surface area (TPSA) is 114 Å². The Balaban J connectivity index is 2.74. The van der Waals surface area contributed by atoms with E-state index in [0.29, 0.717) is 0 Å². The van der Waals surface area contributed by atoms with Crippen molar-refractivity contribution in [3.05, 3.63) is 24.0 Å². The zero-order valence-electron chi connectivity index (χ0n) is 9.33. The Kier molecular flexibility index (Phi) is 4.17. The third-order valence-electron chi connectivity index (χ3n) is 2.46. The monoisotopic (exact) mass is 238 g/mol. The lowest BCUT2D eigenvalue weighted by atomic mass is 9.95. The number of nitrogens with two attached hydrogens (primary N) is 1. The SMILES string of the molecule is CC(CC(=O)c1ncccc1O)[C@@H](N)C(=O)O. The van der Waals surface area contributed by atoms with E-state index in [2.05, 4.69) is 4.98 Å². The minimum atomic E-state index is -1.16. The molecule has 0 saturated carbocycles. The molecule has 0 aliphatic heterocycles. The molecule has 0 aliphatic carbocycles. The molecule has 92 valence electrons. The van der Waals surface area contributed by atoms with E-state index in [4.69, 9.17) is 10.8 Å². The lowest BCUT2D eigenvalue weighted by molar-refractivity contribution is -0.139. The molecule has 1 unspecified atom stereocenters. The number of pyridine rings is 1. The van der Waals surface area contributed by atoms with E-state index in [1.807, 2.05) is 0 Å². The van der Waals surface area contributed by atoms with Gasteiger partial charge in [0.1, 0.15) is 17.5 Å². The standard InChI is InChI=1S/C11H14N2O4/c1-6(9(12)11(16)17)5-8(15)10-7(14)3-2-4-13-10/h2-4,6,9,14H,5,12H2,1H3,(H,16,17)/t6?,9-/m1/s1. The first kappa shape index (κ1) is 13.1. The van der Waals surface area contributed by atoms with Gasteiger partial charge in [-0.2, -0.15) is 0 Å². The van der Waals surface area contributed by atoms with Gasteiger partial charge in [0, 0.05) is 12.6 Å². The van der Waals surface area contributed by atoms with Gasteiger partial charge in [-0.15, -0.1) is 0 Å². The van der Waals surface area contributed by atoms with E-state index in [1.54, 1.807) is 6.92 Å². The smallest absolute Gasteiger partial charge is 0.320 e. The first-order chi connectivity index (χ1) is 7.93. The van der Waals surface area contributed by atoms with Gasteiger partial charge in [0.2, 0.25) is 0 Å². The van der Waals surface area contributed by atoms with Crippen molar-refractivity contribution in [2.24, 2.45) is 11.7 Å². The summed E-state index contributed by atoms with van der Waals surface area (Å²) in [5, 5.41) is 18.1. The Hall–Kier alpha value is -1.95. The number of rotatable bonds is 5. The first-order valence-electron chi connectivity index (χ1n) is 5.09. The number of carbonyl (C=O) groups is 2. The van der Waals surface area contributed by atoms with E-state index in [0.717, 1.165) is 0 Å². The summed E-state index contributed by atoms with van der Waals surface area (Å²) in [6, 6.07) is 1.74. The molecular weight excluding hydrogens is 224 g/mol. The summed E-state index contributed by atoms with van der Waals surface area (Å²) in [4.78, 5) is 26.1. The van der Waals surface area contributed by atoms with Gasteiger partial charge in [0.05, 0.1) is 0 Å². The van der Waals surface area contributed by atoms with Crippen LogP contribution in [0.5, 0.6) is 5.75 Å². The number of carboxylic acids is 1. The third-order valence-corrected chi connectivity index (χ3v) is 2.46. The third kappa shape index (κ3) is 3.25. The number of Topliss-reactive ketones (excluding diaryl/α,β-unsaturated/α-hetero) is 1. The molecule has 0 spiro atoms. The van der Waals surface area contributed by atoms with Crippen molar-refractivity contribution >= 4 is 11.8 Å². The molecule has 1 aromatic heterocycles. The van der Waals surface area contributed by atoms with Gasteiger partial charge in [-0.3, -0.25) is 9.59 Å². The van der Waals surface area contributed by atoms with Crippen molar-refractivity contribution in [2.75, 3.05) is 0 Å². The molecule has 0 amide bonds. The minimum absolute atomic E-state index is 0.0584. The molecular formula is C11H14N2O4. The Morgan fingerprint density at radius 2 is 2.18 bits per heavy atom. The molecule has 1 aromatic rings. The fourth-order valence-electron chi connectivity index (χ4n) is 1.37. The summed E-state index contributed by atoms with van der Waals surface area (Å²) in [5.74, 6) is -2.32. The van der Waals surface area contributed by atoms with Gasteiger partial charge in [-0.1, -0.05) is 6.92 Å². The molecule has 6 heteroatoms. The van der Waals surface area contributed by atoms with Crippen LogP contribution in [0.25, 0.3) is 0 Å². The van der Waals surface area contributed by atoms with E-state index in [1.165, 1.54) is 18.3 Å². The molecule has 6 nitrogen and oxygen atoms in total. The zero-order valence-corrected chi connectivity index (χ0v) is 9.33. The van der Waals surface area contributed by atoms with Crippen molar-refractivity contribution < 1.29 is 19.8 Å². The summed E-state index contributed by atoms with van der Waals surface area (Å²) in [5.41, 5.74) is 5.33. The summed E-state index contributed by atoms with van der Waals surface area (Å²) in [6.07, 6.45) is 1.31. The van der Waals surface area contributed by atoms with Crippen LogP contribution in [-0.4, -0.2) is 33.0 Å². The van der Waals surface area contributed by atoms with Crippen LogP contribution in [-0.2, 0) is 4.79 Å². The Labute approximate surface area is 98.1 Å². The molecule has 0 fully saturated rings. The maximum absolute atomic E-state index is 11.7. The lowest BCUT2D eigenvalue weighted by Crippen LogP contribution is -2.37. The second-order valence-electron chi connectivity index (χ2n) is 3.84. The van der Waals surface area contributed by atoms with Crippen molar-refractivity contribution in [2.45, 2.75) is 19.4 Å². The highest BCUT2D eigenvalue weighted by Crippen LogP contribution is 2.18. The molecule has 0 aromatic carbocycles. The average Bonchev–Trinajstić information content (AvgIpc) is 2.28. The van der Waals surface area contributed by atoms with Crippen molar-refractivity contribution in [3.8, 4) is 5.75 Å². The van der Waals surface area contributed by atoms with Gasteiger partial charge in [0.25, 0.3) is 0 Å². The highest BCUT2D eigenvalue weighted by atomic mass is 16.4. The highest BCUT2D eigenvalue weighted by Gasteiger charge is 2.24. The molecule has 0 aliphatic rings. The van der Waals surface area contributed by atoms with Gasteiger partial charge in [-0.25, -0.2) is 4.98 Å². The molecule has 2 atom stereocenters. The molecule has 4 N–H and O–H groups in total. The predicted octanol–water partition coefficient (Wildman–Crippen LogP) is 0.408. The van der Waals surface area contributed by atoms with Crippen LogP contribution in [0.4, 0.5) is 0 Å². The predicted molar refractivity (Wildman–Crippen MR) is 59.6 cm³/mol. The Morgan fingerprint density at radius 1 is 1.53 bits per heavy atom. The van der Waals surface area contributed by atoms with Crippen LogP contribution >= 0.6 is 0 Å². The van der Waals surface area contributed by atoms with E-state index < -0.39 is 23.7 Å². The number of aromatic hydroxyl groups is 1. The van der Waals surface area contributed by atoms with Crippen LogP contribution in [0.3, 0.4) is 0 Å². The largest absolute Gasteiger partial charge is 0.506 e. The second-order valence-corrected chi connectivity index (χ2v) is 3.84. The van der Waals surface area contributed by atoms with Gasteiger partial charge < -0.3 is 15.9 Å². The number of hydrogen-bond donors (Lipinski definition) is 3. The number of aromatic nitrogens is 1. The van der Waals surface area contributed by atoms with Gasteiger partial charge in [0.15, 0.2) is 5.78 Å². The van der Waals surface area contributed by atoms with Crippen LogP contribution in [0, 0.1) is 5.92 Å². The fraction of sp³-hybridized carbons (Fsp3) is 0.364. The number of nitrogens with zero attached hydrogens (tertiary/aromatic N) is 1. The Morgan fingerprint density at radius 3 is 2.71 bits per heavy atom. The minimum Gasteiger partial charge on any atom is -0.506 e. The number of carboxylic acid groups (broad SMARTS) is 1. The van der Waals surface area contributed by atoms with Crippen LogP contribution in [0.15, 0.2) is 18.3 Å². The quantitative estimate of drug-likeness (QED) is 0.640. The number of carbonyl (C=O) groups excluding carboxylic acids is 1. The van der Waals surface area contributed by atoms with Gasteiger partial charge >= 0.3 is 5.97 Å². The van der Waals surface area contributed by atoms with Gasteiger partial charge in [-0.05, 0) is 18.1 Å². The van der Waals surface area contributed by atoms with E-state index in [9.17, 15) is 14.7 Å². The number of aliphatic carboxylic acids is 1.